The second-order valence-corrected chi connectivity index (χ2v) is 6.89. The first-order valence-corrected chi connectivity index (χ1v) is 9.53. The Bertz CT molecular complexity index is 839. The summed E-state index contributed by atoms with van der Waals surface area (Å²) >= 11 is 0. The van der Waals surface area contributed by atoms with Crippen LogP contribution in [-0.2, 0) is 14.3 Å². The van der Waals surface area contributed by atoms with Crippen molar-refractivity contribution in [1.29, 1.82) is 0 Å². The van der Waals surface area contributed by atoms with Crippen LogP contribution in [0.5, 0.6) is 5.75 Å². The van der Waals surface area contributed by atoms with Crippen LogP contribution in [0.4, 0.5) is 10.1 Å². The lowest BCUT2D eigenvalue weighted by atomic mass is 9.83. The maximum atomic E-state index is 13.5. The van der Waals surface area contributed by atoms with E-state index in [1.54, 1.807) is 55.5 Å². The molecule has 154 valence electrons. The maximum Gasteiger partial charge on any atom is 0.227 e. The van der Waals surface area contributed by atoms with Crippen molar-refractivity contribution in [1.82, 2.24) is 5.32 Å². The highest BCUT2D eigenvalue weighted by molar-refractivity contribution is 5.97. The molecule has 0 saturated carbocycles. The Kier molecular flexibility index (Phi) is 6.82. The second kappa shape index (κ2) is 9.52. The molecule has 0 aromatic heterocycles. The highest BCUT2D eigenvalue weighted by Crippen LogP contribution is 2.40. The van der Waals surface area contributed by atoms with Crippen molar-refractivity contribution in [3.05, 3.63) is 59.9 Å². The molecule has 2 aromatic carbocycles. The quantitative estimate of drug-likeness (QED) is 0.726. The van der Waals surface area contributed by atoms with Crippen LogP contribution in [-0.4, -0.2) is 39.2 Å². The van der Waals surface area contributed by atoms with Crippen molar-refractivity contribution in [2.75, 3.05) is 32.3 Å². The molecule has 1 aliphatic rings. The Morgan fingerprint density at radius 2 is 1.83 bits per heavy atom. The van der Waals surface area contributed by atoms with Gasteiger partial charge < -0.3 is 19.7 Å². The molecule has 1 fully saturated rings. The highest BCUT2D eigenvalue weighted by Gasteiger charge is 2.41. The summed E-state index contributed by atoms with van der Waals surface area (Å²) in [7, 11) is 3.14. The van der Waals surface area contributed by atoms with Gasteiger partial charge in [0.1, 0.15) is 11.6 Å². The van der Waals surface area contributed by atoms with Crippen LogP contribution in [0.1, 0.15) is 24.4 Å². The lowest BCUT2D eigenvalue weighted by molar-refractivity contribution is -0.129. The van der Waals surface area contributed by atoms with Gasteiger partial charge in [-0.1, -0.05) is 12.1 Å². The molecule has 1 heterocycles. The minimum atomic E-state index is -0.534. The van der Waals surface area contributed by atoms with E-state index in [0.717, 1.165) is 0 Å². The Labute approximate surface area is 169 Å². The molecule has 0 bridgehead atoms. The first-order chi connectivity index (χ1) is 14.0. The molecule has 3 rings (SSSR count). The summed E-state index contributed by atoms with van der Waals surface area (Å²) < 4.78 is 23.7. The minimum Gasteiger partial charge on any atom is -0.497 e. The number of halogens is 1. The number of carbonyl (C=O) groups excluding carboxylic acids is 2. The fourth-order valence-corrected chi connectivity index (χ4v) is 3.66. The van der Waals surface area contributed by atoms with Gasteiger partial charge in [-0.3, -0.25) is 9.59 Å². The molecule has 2 amide bonds. The van der Waals surface area contributed by atoms with Crippen molar-refractivity contribution in [3.63, 3.8) is 0 Å². The molecule has 6 nitrogen and oxygen atoms in total. The van der Waals surface area contributed by atoms with E-state index >= 15 is 0 Å². The third-order valence-electron chi connectivity index (χ3n) is 5.10. The van der Waals surface area contributed by atoms with Crippen molar-refractivity contribution >= 4 is 17.5 Å². The van der Waals surface area contributed by atoms with E-state index in [1.165, 1.54) is 12.1 Å². The van der Waals surface area contributed by atoms with E-state index in [1.807, 2.05) is 0 Å². The molecule has 0 radical (unpaired) electrons. The van der Waals surface area contributed by atoms with E-state index in [9.17, 15) is 14.0 Å². The van der Waals surface area contributed by atoms with Crippen molar-refractivity contribution in [2.24, 2.45) is 5.92 Å². The predicted octanol–water partition coefficient (Wildman–Crippen LogP) is 3.08. The van der Waals surface area contributed by atoms with Gasteiger partial charge in [-0.25, -0.2) is 4.39 Å². The number of hydrogen-bond acceptors (Lipinski definition) is 4. The van der Waals surface area contributed by atoms with Gasteiger partial charge in [-0.2, -0.15) is 0 Å². The average molecular weight is 400 g/mol. The van der Waals surface area contributed by atoms with E-state index < -0.39 is 12.0 Å². The largest absolute Gasteiger partial charge is 0.497 e. The van der Waals surface area contributed by atoms with E-state index in [-0.39, 0.29) is 24.1 Å². The average Bonchev–Trinajstić information content (AvgIpc) is 2.74. The number of anilines is 1. The van der Waals surface area contributed by atoms with Gasteiger partial charge in [0.25, 0.3) is 0 Å². The Balaban J connectivity index is 1.98. The van der Waals surface area contributed by atoms with Crippen LogP contribution >= 0.6 is 0 Å². The van der Waals surface area contributed by atoms with Gasteiger partial charge in [-0.05, 0) is 48.4 Å². The summed E-state index contributed by atoms with van der Waals surface area (Å²) in [5.41, 5.74) is 1.38. The Morgan fingerprint density at radius 3 is 2.45 bits per heavy atom. The number of methoxy groups -OCH3 is 2. The molecule has 1 N–H and O–H groups in total. The summed E-state index contributed by atoms with van der Waals surface area (Å²) in [6.45, 7) is 0.791. The zero-order chi connectivity index (χ0) is 20.8. The summed E-state index contributed by atoms with van der Waals surface area (Å²) in [5, 5.41) is 2.87. The van der Waals surface area contributed by atoms with Crippen molar-refractivity contribution in [2.45, 2.75) is 18.9 Å². The predicted molar refractivity (Wildman–Crippen MR) is 107 cm³/mol. The number of nitrogens with one attached hydrogen (secondary N) is 1. The molecular weight excluding hydrogens is 375 g/mol. The standard InChI is InChI=1S/C22H25FN2O4/c1-28-14-13-24-22(27)19-11-12-20(26)25(17-7-9-18(29-2)10-8-17)21(19)15-3-5-16(23)6-4-15/h3-10,19,21H,11-14H2,1-2H3,(H,24,27)/t19-,21-/m0/s1. The van der Waals surface area contributed by atoms with Gasteiger partial charge in [0.05, 0.1) is 25.7 Å². The third kappa shape index (κ3) is 4.74. The van der Waals surface area contributed by atoms with Gasteiger partial charge in [0.15, 0.2) is 0 Å². The monoisotopic (exact) mass is 400 g/mol. The molecular formula is C22H25FN2O4. The topological polar surface area (TPSA) is 67.9 Å². The molecule has 2 aromatic rings. The number of hydrogen-bond donors (Lipinski definition) is 1. The molecule has 1 aliphatic heterocycles. The van der Waals surface area contributed by atoms with Gasteiger partial charge in [0, 0.05) is 25.8 Å². The van der Waals surface area contributed by atoms with Gasteiger partial charge in [0.2, 0.25) is 11.8 Å². The Morgan fingerprint density at radius 1 is 1.14 bits per heavy atom. The van der Waals surface area contributed by atoms with Gasteiger partial charge >= 0.3 is 0 Å². The molecule has 0 aliphatic carbocycles. The van der Waals surface area contributed by atoms with Crippen LogP contribution in [0, 0.1) is 11.7 Å². The van der Waals surface area contributed by atoms with Gasteiger partial charge in [-0.15, -0.1) is 0 Å². The zero-order valence-corrected chi connectivity index (χ0v) is 16.6. The first-order valence-electron chi connectivity index (χ1n) is 9.53. The lowest BCUT2D eigenvalue weighted by Crippen LogP contribution is -2.48. The third-order valence-corrected chi connectivity index (χ3v) is 5.10. The normalized spacial score (nSPS) is 19.1. The molecule has 29 heavy (non-hydrogen) atoms. The van der Waals surface area contributed by atoms with Crippen LogP contribution in [0.2, 0.25) is 0 Å². The summed E-state index contributed by atoms with van der Waals surface area (Å²) in [6.07, 6.45) is 0.679. The highest BCUT2D eigenvalue weighted by atomic mass is 19.1. The Hall–Kier alpha value is -2.93. The summed E-state index contributed by atoms with van der Waals surface area (Å²) in [4.78, 5) is 27.4. The minimum absolute atomic E-state index is 0.0783. The van der Waals surface area contributed by atoms with Crippen LogP contribution in [0.25, 0.3) is 0 Å². The number of amides is 2. The van der Waals surface area contributed by atoms with E-state index in [2.05, 4.69) is 5.32 Å². The smallest absolute Gasteiger partial charge is 0.227 e. The fraction of sp³-hybridized carbons (Fsp3) is 0.364. The number of piperidine rings is 1. The van der Waals surface area contributed by atoms with Crippen molar-refractivity contribution in [3.8, 4) is 5.75 Å². The van der Waals surface area contributed by atoms with Crippen LogP contribution in [0.15, 0.2) is 48.5 Å². The fourth-order valence-electron chi connectivity index (χ4n) is 3.66. The van der Waals surface area contributed by atoms with E-state index in [4.69, 9.17) is 9.47 Å². The first kappa shape index (κ1) is 20.8. The zero-order valence-electron chi connectivity index (χ0n) is 16.6. The lowest BCUT2D eigenvalue weighted by Gasteiger charge is -2.41. The van der Waals surface area contributed by atoms with Crippen LogP contribution in [0.3, 0.4) is 0 Å². The number of benzene rings is 2. The molecule has 0 spiro atoms. The number of carbonyl (C=O) groups is 2. The van der Waals surface area contributed by atoms with E-state index in [0.29, 0.717) is 36.6 Å². The van der Waals surface area contributed by atoms with Crippen molar-refractivity contribution < 1.29 is 23.5 Å². The molecule has 0 unspecified atom stereocenters. The summed E-state index contributed by atoms with van der Waals surface area (Å²) in [5.74, 6) is -0.386. The molecule has 7 heteroatoms. The number of rotatable bonds is 7. The maximum absolute atomic E-state index is 13.5. The number of ether oxygens (including phenoxy) is 2. The van der Waals surface area contributed by atoms with Crippen LogP contribution < -0.4 is 15.0 Å². The molecule has 1 saturated heterocycles. The SMILES string of the molecule is COCCNC(=O)[C@H]1CCC(=O)N(c2ccc(OC)cc2)[C@H]1c1ccc(F)cc1. The molecule has 2 atom stereocenters. The summed E-state index contributed by atoms with van der Waals surface area (Å²) in [6, 6.07) is 12.5. The second-order valence-electron chi connectivity index (χ2n) is 6.89. The number of nitrogens with zero attached hydrogens (tertiary/aromatic N) is 1.